The van der Waals surface area contributed by atoms with Crippen LogP contribution in [0.25, 0.3) is 0 Å². The van der Waals surface area contributed by atoms with Crippen LogP contribution in [0.5, 0.6) is 11.5 Å². The first-order valence-electron chi connectivity index (χ1n) is 8.34. The molecule has 0 aliphatic heterocycles. The maximum atomic E-state index is 11.5. The van der Waals surface area contributed by atoms with E-state index in [-0.39, 0.29) is 0 Å². The smallest absolute Gasteiger partial charge is 0.497 e. The van der Waals surface area contributed by atoms with E-state index in [1.807, 2.05) is 24.3 Å². The van der Waals surface area contributed by atoms with Gasteiger partial charge in [-0.25, -0.2) is 4.79 Å². The molecule has 0 spiro atoms. The van der Waals surface area contributed by atoms with Crippen LogP contribution < -0.4 is 9.47 Å². The van der Waals surface area contributed by atoms with Crippen LogP contribution >= 0.6 is 0 Å². The van der Waals surface area contributed by atoms with Gasteiger partial charge in [-0.15, -0.1) is 0 Å². The van der Waals surface area contributed by atoms with Gasteiger partial charge in [0, 0.05) is 6.21 Å². The highest BCUT2D eigenvalue weighted by molar-refractivity contribution is 5.82. The van der Waals surface area contributed by atoms with E-state index in [0.717, 1.165) is 36.3 Å². The molecule has 2 aromatic carbocycles. The van der Waals surface area contributed by atoms with E-state index >= 15 is 0 Å². The summed E-state index contributed by atoms with van der Waals surface area (Å²) < 4.78 is 15.2. The van der Waals surface area contributed by atoms with E-state index < -0.39 is 6.16 Å². The Bertz CT molecular complexity index is 678. The lowest BCUT2D eigenvalue weighted by atomic mass is 10.2. The Hall–Kier alpha value is -2.82. The molecule has 5 heteroatoms. The molecule has 0 aromatic heterocycles. The predicted octanol–water partition coefficient (Wildman–Crippen LogP) is 5.15. The molecule has 0 saturated heterocycles. The number of carbonyl (C=O) groups excluding carboxylic acids is 1. The molecule has 0 N–H and O–H groups in total. The predicted molar refractivity (Wildman–Crippen MR) is 98.2 cm³/mol. The maximum absolute atomic E-state index is 11.5. The molecule has 0 saturated carbocycles. The topological polar surface area (TPSA) is 57.1 Å². The highest BCUT2D eigenvalue weighted by Crippen LogP contribution is 2.19. The van der Waals surface area contributed by atoms with Crippen molar-refractivity contribution in [2.75, 3.05) is 13.7 Å². The molecule has 0 atom stereocenters. The van der Waals surface area contributed by atoms with Gasteiger partial charge in [-0.3, -0.25) is 4.99 Å². The van der Waals surface area contributed by atoms with E-state index in [9.17, 15) is 4.79 Å². The lowest BCUT2D eigenvalue weighted by Crippen LogP contribution is -2.11. The standard InChI is InChI=1S/C20H23NO4/c1-3-4-5-14-24-20(22)25-19-12-8-17(9-13-19)21-15-16-6-10-18(23-2)11-7-16/h6-13,15H,3-5,14H2,1-2H3. The second kappa shape index (κ2) is 10.1. The monoisotopic (exact) mass is 341 g/mol. The van der Waals surface area contributed by atoms with E-state index in [0.29, 0.717) is 12.4 Å². The largest absolute Gasteiger partial charge is 0.513 e. The summed E-state index contributed by atoms with van der Waals surface area (Å²) in [5.74, 6) is 1.24. The van der Waals surface area contributed by atoms with Crippen LogP contribution in [0.1, 0.15) is 31.7 Å². The molecule has 0 aliphatic carbocycles. The van der Waals surface area contributed by atoms with Crippen LogP contribution in [0, 0.1) is 0 Å². The summed E-state index contributed by atoms with van der Waals surface area (Å²) in [6.45, 7) is 2.48. The zero-order chi connectivity index (χ0) is 17.9. The molecule has 0 unspecified atom stereocenters. The first-order valence-corrected chi connectivity index (χ1v) is 8.34. The van der Waals surface area contributed by atoms with Crippen molar-refractivity contribution in [1.82, 2.24) is 0 Å². The molecule has 0 fully saturated rings. The highest BCUT2D eigenvalue weighted by atomic mass is 16.7. The number of hydrogen-bond donors (Lipinski definition) is 0. The Morgan fingerprint density at radius 2 is 1.68 bits per heavy atom. The van der Waals surface area contributed by atoms with Crippen LogP contribution in [0.15, 0.2) is 53.5 Å². The summed E-state index contributed by atoms with van der Waals surface area (Å²) in [6.07, 6.45) is 4.05. The Balaban J connectivity index is 1.84. The number of unbranched alkanes of at least 4 members (excludes halogenated alkanes) is 2. The number of benzene rings is 2. The van der Waals surface area contributed by atoms with Gasteiger partial charge in [0.25, 0.3) is 0 Å². The number of nitrogens with zero attached hydrogens (tertiary/aromatic N) is 1. The molecule has 2 rings (SSSR count). The minimum atomic E-state index is -0.675. The SMILES string of the molecule is CCCCCOC(=O)Oc1ccc(N=Cc2ccc(OC)cc2)cc1. The number of aliphatic imine (C=N–C) groups is 1. The first-order chi connectivity index (χ1) is 12.2. The number of methoxy groups -OCH3 is 1. The Morgan fingerprint density at radius 3 is 2.32 bits per heavy atom. The molecule has 0 amide bonds. The van der Waals surface area contributed by atoms with Crippen LogP contribution in [-0.4, -0.2) is 26.1 Å². The van der Waals surface area contributed by atoms with E-state index in [4.69, 9.17) is 14.2 Å². The first kappa shape index (κ1) is 18.5. The third-order valence-corrected chi connectivity index (χ3v) is 3.48. The average Bonchev–Trinajstić information content (AvgIpc) is 2.65. The number of rotatable bonds is 8. The van der Waals surface area contributed by atoms with Gasteiger partial charge in [-0.05, 0) is 60.5 Å². The van der Waals surface area contributed by atoms with E-state index in [1.54, 1.807) is 37.6 Å². The normalized spacial score (nSPS) is 10.6. The van der Waals surface area contributed by atoms with Gasteiger partial charge in [-0.1, -0.05) is 19.8 Å². The number of ether oxygens (including phenoxy) is 3. The quantitative estimate of drug-likeness (QED) is 0.288. The van der Waals surface area contributed by atoms with Crippen LogP contribution in [0.4, 0.5) is 10.5 Å². The van der Waals surface area contributed by atoms with Crippen molar-refractivity contribution in [1.29, 1.82) is 0 Å². The minimum Gasteiger partial charge on any atom is -0.497 e. The minimum absolute atomic E-state index is 0.386. The summed E-state index contributed by atoms with van der Waals surface area (Å²) in [4.78, 5) is 15.9. The van der Waals surface area contributed by atoms with E-state index in [1.165, 1.54) is 0 Å². The second-order valence-electron chi connectivity index (χ2n) is 5.43. The summed E-state index contributed by atoms with van der Waals surface area (Å²) in [5, 5.41) is 0. The van der Waals surface area contributed by atoms with Crippen molar-refractivity contribution < 1.29 is 19.0 Å². The molecule has 132 valence electrons. The van der Waals surface area contributed by atoms with Gasteiger partial charge in [0.05, 0.1) is 19.4 Å². The zero-order valence-corrected chi connectivity index (χ0v) is 14.6. The summed E-state index contributed by atoms with van der Waals surface area (Å²) in [5.41, 5.74) is 1.73. The Labute approximate surface area is 148 Å². The fourth-order valence-corrected chi connectivity index (χ4v) is 2.07. The molecular formula is C20H23NO4. The van der Waals surface area contributed by atoms with Gasteiger partial charge in [0.2, 0.25) is 0 Å². The molecular weight excluding hydrogens is 318 g/mol. The number of hydrogen-bond acceptors (Lipinski definition) is 5. The third kappa shape index (κ3) is 6.67. The molecule has 0 heterocycles. The van der Waals surface area contributed by atoms with Gasteiger partial charge in [-0.2, -0.15) is 0 Å². The Morgan fingerprint density at radius 1 is 1.00 bits per heavy atom. The molecule has 2 aromatic rings. The summed E-state index contributed by atoms with van der Waals surface area (Å²) in [6, 6.07) is 14.5. The lowest BCUT2D eigenvalue weighted by Gasteiger charge is -2.05. The van der Waals surface area contributed by atoms with Crippen molar-refractivity contribution in [3.63, 3.8) is 0 Å². The van der Waals surface area contributed by atoms with Gasteiger partial charge < -0.3 is 14.2 Å². The fourth-order valence-electron chi connectivity index (χ4n) is 2.07. The molecule has 0 bridgehead atoms. The maximum Gasteiger partial charge on any atom is 0.513 e. The van der Waals surface area contributed by atoms with Crippen molar-refractivity contribution in [3.05, 3.63) is 54.1 Å². The van der Waals surface area contributed by atoms with Crippen LogP contribution in [0.2, 0.25) is 0 Å². The van der Waals surface area contributed by atoms with Crippen LogP contribution in [-0.2, 0) is 4.74 Å². The van der Waals surface area contributed by atoms with Gasteiger partial charge >= 0.3 is 6.16 Å². The van der Waals surface area contributed by atoms with Crippen molar-refractivity contribution in [3.8, 4) is 11.5 Å². The Kier molecular flexibility index (Phi) is 7.50. The van der Waals surface area contributed by atoms with Gasteiger partial charge in [0.1, 0.15) is 11.5 Å². The molecule has 5 nitrogen and oxygen atoms in total. The van der Waals surface area contributed by atoms with Crippen molar-refractivity contribution in [2.45, 2.75) is 26.2 Å². The highest BCUT2D eigenvalue weighted by Gasteiger charge is 2.05. The fraction of sp³-hybridized carbons (Fsp3) is 0.300. The van der Waals surface area contributed by atoms with E-state index in [2.05, 4.69) is 11.9 Å². The lowest BCUT2D eigenvalue weighted by molar-refractivity contribution is 0.0974. The zero-order valence-electron chi connectivity index (χ0n) is 14.6. The molecule has 25 heavy (non-hydrogen) atoms. The average molecular weight is 341 g/mol. The third-order valence-electron chi connectivity index (χ3n) is 3.48. The van der Waals surface area contributed by atoms with Crippen molar-refractivity contribution >= 4 is 18.1 Å². The number of carbonyl (C=O) groups is 1. The van der Waals surface area contributed by atoms with Crippen LogP contribution in [0.3, 0.4) is 0 Å². The second-order valence-corrected chi connectivity index (χ2v) is 5.43. The van der Waals surface area contributed by atoms with Crippen molar-refractivity contribution in [2.24, 2.45) is 4.99 Å². The molecule has 0 aliphatic rings. The summed E-state index contributed by atoms with van der Waals surface area (Å²) >= 11 is 0. The molecule has 0 radical (unpaired) electrons. The van der Waals surface area contributed by atoms with Gasteiger partial charge in [0.15, 0.2) is 0 Å². The summed E-state index contributed by atoms with van der Waals surface area (Å²) in [7, 11) is 1.63.